The molecule has 34 heavy (non-hydrogen) atoms. The summed E-state index contributed by atoms with van der Waals surface area (Å²) in [5.74, 6) is -0.0861. The molecule has 0 spiro atoms. The Morgan fingerprint density at radius 2 is 1.74 bits per heavy atom. The first kappa shape index (κ1) is 24.7. The lowest BCUT2D eigenvalue weighted by Crippen LogP contribution is -2.35. The molecule has 0 bridgehead atoms. The van der Waals surface area contributed by atoms with E-state index in [9.17, 15) is 14.4 Å². The van der Waals surface area contributed by atoms with Gasteiger partial charge in [0.2, 0.25) is 5.91 Å². The van der Waals surface area contributed by atoms with E-state index in [1.165, 1.54) is 12.1 Å². The van der Waals surface area contributed by atoms with Crippen LogP contribution in [0, 0.1) is 42.3 Å². The average Bonchev–Trinajstić information content (AvgIpc) is 3.07. The molecule has 1 heterocycles. The first-order chi connectivity index (χ1) is 16.3. The van der Waals surface area contributed by atoms with Crippen molar-refractivity contribution >= 4 is 11.7 Å². The number of hydrogen-bond donors (Lipinski definition) is 1. The van der Waals surface area contributed by atoms with Crippen LogP contribution in [-0.2, 0) is 11.3 Å². The number of amides is 1. The highest BCUT2D eigenvalue weighted by molar-refractivity contribution is 5.93. The molecule has 1 atom stereocenters. The Balaban J connectivity index is 1.82. The van der Waals surface area contributed by atoms with Crippen molar-refractivity contribution in [3.63, 3.8) is 0 Å². The van der Waals surface area contributed by atoms with Gasteiger partial charge in [-0.15, -0.1) is 0 Å². The van der Waals surface area contributed by atoms with Crippen LogP contribution in [0.25, 0.3) is 0 Å². The number of halogens is 1. The van der Waals surface area contributed by atoms with E-state index in [0.717, 1.165) is 22.4 Å². The number of nitrogens with one attached hydrogen (secondary N) is 1. The molecule has 0 aliphatic heterocycles. The number of anilines is 1. The van der Waals surface area contributed by atoms with E-state index in [4.69, 9.17) is 5.26 Å². The van der Waals surface area contributed by atoms with E-state index >= 15 is 0 Å². The number of nitriles is 2. The molecule has 3 aromatic rings. The summed E-state index contributed by atoms with van der Waals surface area (Å²) in [6, 6.07) is 17.8. The topological polar surface area (TPSA) is 84.8 Å². The Hall–Kier alpha value is -3.94. The minimum atomic E-state index is -0.313. The molecule has 1 N–H and O–H groups in total. The van der Waals surface area contributed by atoms with E-state index in [1.54, 1.807) is 24.3 Å². The van der Waals surface area contributed by atoms with Gasteiger partial charge in [-0.1, -0.05) is 31.2 Å². The van der Waals surface area contributed by atoms with Crippen molar-refractivity contribution in [2.75, 3.05) is 18.4 Å². The molecule has 0 saturated carbocycles. The Bertz CT molecular complexity index is 1250. The van der Waals surface area contributed by atoms with Crippen LogP contribution in [-0.4, -0.2) is 28.5 Å². The first-order valence-corrected chi connectivity index (χ1v) is 11.2. The largest absolute Gasteiger partial charge is 0.326 e. The van der Waals surface area contributed by atoms with Gasteiger partial charge in [-0.3, -0.25) is 9.69 Å². The molecule has 0 aliphatic rings. The molecule has 1 unspecified atom stereocenters. The molecule has 7 heteroatoms. The van der Waals surface area contributed by atoms with E-state index < -0.39 is 0 Å². The number of aromatic nitrogens is 1. The van der Waals surface area contributed by atoms with E-state index in [-0.39, 0.29) is 24.3 Å². The van der Waals surface area contributed by atoms with E-state index in [0.29, 0.717) is 30.0 Å². The minimum absolute atomic E-state index is 0.0339. The van der Waals surface area contributed by atoms with Gasteiger partial charge in [0.05, 0.1) is 23.7 Å². The van der Waals surface area contributed by atoms with E-state index in [2.05, 4.69) is 17.5 Å². The second kappa shape index (κ2) is 10.8. The molecule has 0 radical (unpaired) electrons. The second-order valence-corrected chi connectivity index (χ2v) is 8.28. The van der Waals surface area contributed by atoms with Crippen molar-refractivity contribution in [1.82, 2.24) is 9.47 Å². The van der Waals surface area contributed by atoms with Crippen molar-refractivity contribution < 1.29 is 9.18 Å². The van der Waals surface area contributed by atoms with Gasteiger partial charge in [-0.25, -0.2) is 4.39 Å². The third kappa shape index (κ3) is 5.33. The SMILES string of the molecule is CCN(CC(=O)Nc1c(C#N)c(C)c(C)n1Cc1ccc(F)cc1)C(C)c1ccc(C#N)cc1. The number of rotatable bonds is 8. The van der Waals surface area contributed by atoms with Gasteiger partial charge < -0.3 is 9.88 Å². The van der Waals surface area contributed by atoms with Crippen LogP contribution in [0.5, 0.6) is 0 Å². The number of nitrogens with zero attached hydrogens (tertiary/aromatic N) is 4. The van der Waals surface area contributed by atoms with Crippen LogP contribution in [0.2, 0.25) is 0 Å². The molecule has 0 fully saturated rings. The summed E-state index contributed by atoms with van der Waals surface area (Å²) >= 11 is 0. The fourth-order valence-corrected chi connectivity index (χ4v) is 4.03. The summed E-state index contributed by atoms with van der Waals surface area (Å²) in [7, 11) is 0. The standard InChI is InChI=1S/C27H28FN5O/c1-5-32(20(4)23-10-6-21(14-29)7-11-23)17-26(34)31-27-25(15-30)18(2)19(3)33(27)16-22-8-12-24(28)13-9-22/h6-13,20H,5,16-17H2,1-4H3,(H,31,34). The smallest absolute Gasteiger partial charge is 0.239 e. The molecule has 0 aliphatic carbocycles. The van der Waals surface area contributed by atoms with Gasteiger partial charge in [0.15, 0.2) is 0 Å². The van der Waals surface area contributed by atoms with Crippen molar-refractivity contribution in [3.8, 4) is 12.1 Å². The van der Waals surface area contributed by atoms with Gasteiger partial charge in [0.1, 0.15) is 17.7 Å². The normalized spacial score (nSPS) is 11.6. The molecule has 174 valence electrons. The predicted octanol–water partition coefficient (Wildman–Crippen LogP) is 5.06. The van der Waals surface area contributed by atoms with Crippen LogP contribution >= 0.6 is 0 Å². The fraction of sp³-hybridized carbons (Fsp3) is 0.296. The molecule has 3 rings (SSSR count). The van der Waals surface area contributed by atoms with Crippen LogP contribution in [0.3, 0.4) is 0 Å². The van der Waals surface area contributed by atoms with Crippen molar-refractivity contribution in [2.45, 2.75) is 40.3 Å². The Labute approximate surface area is 199 Å². The molecule has 2 aromatic carbocycles. The van der Waals surface area contributed by atoms with Crippen LogP contribution in [0.15, 0.2) is 48.5 Å². The summed E-state index contributed by atoms with van der Waals surface area (Å²) in [6.07, 6.45) is 0. The average molecular weight is 458 g/mol. The zero-order chi connectivity index (χ0) is 24.8. The van der Waals surface area contributed by atoms with Gasteiger partial charge >= 0.3 is 0 Å². The Morgan fingerprint density at radius 1 is 1.09 bits per heavy atom. The van der Waals surface area contributed by atoms with Gasteiger partial charge in [0.25, 0.3) is 0 Å². The second-order valence-electron chi connectivity index (χ2n) is 8.28. The molecule has 1 amide bonds. The number of likely N-dealkylation sites (N-methyl/N-ethyl adjacent to an activating group) is 1. The lowest BCUT2D eigenvalue weighted by Gasteiger charge is -2.27. The summed E-state index contributed by atoms with van der Waals surface area (Å²) in [5.41, 5.74) is 4.57. The number of carbonyl (C=O) groups is 1. The zero-order valence-corrected chi connectivity index (χ0v) is 19.9. The summed E-state index contributed by atoms with van der Waals surface area (Å²) in [4.78, 5) is 15.1. The highest BCUT2D eigenvalue weighted by Crippen LogP contribution is 2.28. The predicted molar refractivity (Wildman–Crippen MR) is 130 cm³/mol. The quantitative estimate of drug-likeness (QED) is 0.513. The van der Waals surface area contributed by atoms with Gasteiger partial charge in [-0.05, 0) is 68.3 Å². The number of hydrogen-bond acceptors (Lipinski definition) is 4. The first-order valence-electron chi connectivity index (χ1n) is 11.2. The Kier molecular flexibility index (Phi) is 7.83. The Morgan fingerprint density at radius 3 is 2.29 bits per heavy atom. The fourth-order valence-electron chi connectivity index (χ4n) is 4.03. The highest BCUT2D eigenvalue weighted by Gasteiger charge is 2.22. The van der Waals surface area contributed by atoms with Crippen LogP contribution in [0.4, 0.5) is 10.2 Å². The molecule has 0 saturated heterocycles. The van der Waals surface area contributed by atoms with Gasteiger partial charge in [0, 0.05) is 18.3 Å². The molecular weight excluding hydrogens is 429 g/mol. The zero-order valence-electron chi connectivity index (χ0n) is 19.9. The summed E-state index contributed by atoms with van der Waals surface area (Å²) in [5, 5.41) is 21.7. The number of carbonyl (C=O) groups excluding carboxylic acids is 1. The maximum atomic E-state index is 13.3. The molecule has 6 nitrogen and oxygen atoms in total. The molecular formula is C27H28FN5O. The maximum Gasteiger partial charge on any atom is 0.239 e. The summed E-state index contributed by atoms with van der Waals surface area (Å²) in [6.45, 7) is 8.96. The van der Waals surface area contributed by atoms with Crippen LogP contribution < -0.4 is 5.32 Å². The van der Waals surface area contributed by atoms with Gasteiger partial charge in [-0.2, -0.15) is 10.5 Å². The van der Waals surface area contributed by atoms with Crippen molar-refractivity contribution in [1.29, 1.82) is 10.5 Å². The number of benzene rings is 2. The van der Waals surface area contributed by atoms with Crippen molar-refractivity contribution in [3.05, 3.63) is 87.9 Å². The lowest BCUT2D eigenvalue weighted by atomic mass is 10.0. The van der Waals surface area contributed by atoms with Crippen LogP contribution in [0.1, 0.15) is 53.4 Å². The summed E-state index contributed by atoms with van der Waals surface area (Å²) < 4.78 is 15.2. The maximum absolute atomic E-state index is 13.3. The van der Waals surface area contributed by atoms with E-state index in [1.807, 2.05) is 49.3 Å². The molecule has 1 aromatic heterocycles. The highest BCUT2D eigenvalue weighted by atomic mass is 19.1. The monoisotopic (exact) mass is 457 g/mol. The third-order valence-corrected chi connectivity index (χ3v) is 6.28. The van der Waals surface area contributed by atoms with Crippen molar-refractivity contribution in [2.24, 2.45) is 0 Å². The minimum Gasteiger partial charge on any atom is -0.326 e. The lowest BCUT2D eigenvalue weighted by molar-refractivity contribution is -0.117. The third-order valence-electron chi connectivity index (χ3n) is 6.28.